The third kappa shape index (κ3) is 11.4. The highest BCUT2D eigenvalue weighted by Gasteiger charge is 2.15. The van der Waals surface area contributed by atoms with Crippen molar-refractivity contribution in [1.82, 2.24) is 9.80 Å². The monoisotopic (exact) mass is 420 g/mol. The number of unbranched alkanes of at least 4 members (excludes halogenated alkanes) is 7. The van der Waals surface area contributed by atoms with Crippen LogP contribution in [0.2, 0.25) is 0 Å². The van der Waals surface area contributed by atoms with E-state index in [1.54, 1.807) is 0 Å². The first kappa shape index (κ1) is 25.2. The number of hydrogen-bond acceptors (Lipinski definition) is 2. The van der Waals surface area contributed by atoms with Crippen molar-refractivity contribution in [2.45, 2.75) is 128 Å². The fourth-order valence-corrected chi connectivity index (χ4v) is 4.92. The molecule has 0 N–H and O–H groups in total. The Kier molecular flexibility index (Phi) is 14.0. The van der Waals surface area contributed by atoms with Crippen LogP contribution in [0.3, 0.4) is 0 Å². The molecule has 0 radical (unpaired) electrons. The van der Waals surface area contributed by atoms with E-state index in [1.807, 2.05) is 0 Å². The van der Waals surface area contributed by atoms with Gasteiger partial charge in [-0.2, -0.15) is 0 Å². The van der Waals surface area contributed by atoms with Crippen LogP contribution in [0.15, 0.2) is 0 Å². The van der Waals surface area contributed by atoms with E-state index in [1.165, 1.54) is 103 Å². The zero-order chi connectivity index (χ0) is 21.3. The van der Waals surface area contributed by atoms with Crippen molar-refractivity contribution in [3.63, 3.8) is 0 Å². The summed E-state index contributed by atoms with van der Waals surface area (Å²) in [5.74, 6) is 0.781. The molecule has 2 rings (SSSR count). The molecule has 0 aromatic rings. The van der Waals surface area contributed by atoms with Crippen molar-refractivity contribution < 1.29 is 9.59 Å². The number of carbonyl (C=O) groups is 2. The Morgan fingerprint density at radius 1 is 0.400 bits per heavy atom. The van der Waals surface area contributed by atoms with E-state index in [-0.39, 0.29) is 0 Å². The van der Waals surface area contributed by atoms with Crippen LogP contribution in [0.4, 0.5) is 0 Å². The topological polar surface area (TPSA) is 40.6 Å². The smallest absolute Gasteiger partial charge is 0.222 e. The van der Waals surface area contributed by atoms with Gasteiger partial charge in [-0.05, 0) is 38.5 Å². The van der Waals surface area contributed by atoms with Gasteiger partial charge in [0, 0.05) is 39.0 Å². The molecule has 0 aromatic carbocycles. The maximum atomic E-state index is 12.4. The van der Waals surface area contributed by atoms with Gasteiger partial charge in [-0.3, -0.25) is 9.59 Å². The second kappa shape index (κ2) is 16.6. The zero-order valence-electron chi connectivity index (χ0n) is 19.7. The minimum Gasteiger partial charge on any atom is -0.343 e. The van der Waals surface area contributed by atoms with Crippen molar-refractivity contribution >= 4 is 11.8 Å². The van der Waals surface area contributed by atoms with Crippen LogP contribution in [0.1, 0.15) is 128 Å². The summed E-state index contributed by atoms with van der Waals surface area (Å²) in [6.07, 6.45) is 23.6. The zero-order valence-corrected chi connectivity index (χ0v) is 19.7. The number of nitrogens with zero attached hydrogens (tertiary/aromatic N) is 2. The summed E-state index contributed by atoms with van der Waals surface area (Å²) in [7, 11) is 0. The Bertz CT molecular complexity index is 408. The summed E-state index contributed by atoms with van der Waals surface area (Å²) in [5.41, 5.74) is 0. The number of rotatable bonds is 11. The average molecular weight is 421 g/mol. The molecule has 2 heterocycles. The van der Waals surface area contributed by atoms with E-state index in [0.29, 0.717) is 11.8 Å². The summed E-state index contributed by atoms with van der Waals surface area (Å²) in [5, 5.41) is 0. The average Bonchev–Trinajstić information content (AvgIpc) is 2.68. The maximum absolute atomic E-state index is 12.4. The van der Waals surface area contributed by atoms with Crippen LogP contribution in [0, 0.1) is 0 Å². The number of amides is 2. The van der Waals surface area contributed by atoms with E-state index >= 15 is 0 Å². The van der Waals surface area contributed by atoms with E-state index < -0.39 is 0 Å². The summed E-state index contributed by atoms with van der Waals surface area (Å²) in [6.45, 7) is 3.94. The van der Waals surface area contributed by atoms with E-state index in [0.717, 1.165) is 51.9 Å². The Balaban J connectivity index is 1.39. The van der Waals surface area contributed by atoms with E-state index in [4.69, 9.17) is 0 Å². The molecule has 0 aromatic heterocycles. The molecule has 30 heavy (non-hydrogen) atoms. The third-order valence-electron chi connectivity index (χ3n) is 6.95. The minimum atomic E-state index is 0.390. The molecule has 2 fully saturated rings. The van der Waals surface area contributed by atoms with E-state index in [9.17, 15) is 9.59 Å². The first-order valence-electron chi connectivity index (χ1n) is 13.3. The molecule has 174 valence electrons. The molecular formula is C26H48N2O2. The van der Waals surface area contributed by atoms with Crippen molar-refractivity contribution in [3.8, 4) is 0 Å². The molecule has 2 aliphatic heterocycles. The van der Waals surface area contributed by atoms with Gasteiger partial charge in [0.2, 0.25) is 11.8 Å². The molecule has 2 aliphatic rings. The molecule has 0 unspecified atom stereocenters. The van der Waals surface area contributed by atoms with Crippen LogP contribution in [0.5, 0.6) is 0 Å². The number of hydrogen-bond donors (Lipinski definition) is 0. The highest BCUT2D eigenvalue weighted by molar-refractivity contribution is 5.76. The lowest BCUT2D eigenvalue weighted by Gasteiger charge is -2.24. The Morgan fingerprint density at radius 2 is 0.667 bits per heavy atom. The van der Waals surface area contributed by atoms with E-state index in [2.05, 4.69) is 9.80 Å². The van der Waals surface area contributed by atoms with Crippen LogP contribution in [0.25, 0.3) is 0 Å². The van der Waals surface area contributed by atoms with Gasteiger partial charge in [-0.25, -0.2) is 0 Å². The van der Waals surface area contributed by atoms with Crippen LogP contribution >= 0.6 is 0 Å². The lowest BCUT2D eigenvalue weighted by molar-refractivity contribution is -0.132. The van der Waals surface area contributed by atoms with Crippen LogP contribution in [-0.2, 0) is 9.59 Å². The molecule has 4 heteroatoms. The van der Waals surface area contributed by atoms with Gasteiger partial charge in [0.05, 0.1) is 0 Å². The first-order valence-corrected chi connectivity index (χ1v) is 13.3. The molecule has 0 spiro atoms. The van der Waals surface area contributed by atoms with Gasteiger partial charge >= 0.3 is 0 Å². The predicted octanol–water partition coefficient (Wildman–Crippen LogP) is 6.47. The van der Waals surface area contributed by atoms with Crippen molar-refractivity contribution in [3.05, 3.63) is 0 Å². The summed E-state index contributed by atoms with van der Waals surface area (Å²) >= 11 is 0. The number of likely N-dealkylation sites (tertiary alicyclic amines) is 2. The summed E-state index contributed by atoms with van der Waals surface area (Å²) in [4.78, 5) is 29.0. The molecule has 2 amide bonds. The lowest BCUT2D eigenvalue weighted by atomic mass is 10.0. The van der Waals surface area contributed by atoms with Crippen molar-refractivity contribution in [2.75, 3.05) is 26.2 Å². The summed E-state index contributed by atoms with van der Waals surface area (Å²) < 4.78 is 0. The first-order chi connectivity index (χ1) is 14.8. The summed E-state index contributed by atoms with van der Waals surface area (Å²) in [6, 6.07) is 0. The Morgan fingerprint density at radius 3 is 1.00 bits per heavy atom. The van der Waals surface area contributed by atoms with Gasteiger partial charge in [-0.15, -0.1) is 0 Å². The van der Waals surface area contributed by atoms with Crippen molar-refractivity contribution in [1.29, 1.82) is 0 Å². The Labute approximate surface area is 186 Å². The molecule has 4 nitrogen and oxygen atoms in total. The lowest BCUT2D eigenvalue weighted by Crippen LogP contribution is -2.33. The van der Waals surface area contributed by atoms with Gasteiger partial charge in [0.25, 0.3) is 0 Å². The predicted molar refractivity (Wildman–Crippen MR) is 126 cm³/mol. The molecular weight excluding hydrogens is 372 g/mol. The SMILES string of the molecule is O=C(CCCCCCCCCCC(=O)N1CCCCCCC1)N1CCCCCCC1. The Hall–Kier alpha value is -1.06. The minimum absolute atomic E-state index is 0.390. The van der Waals surface area contributed by atoms with Crippen LogP contribution < -0.4 is 0 Å². The second-order valence-corrected chi connectivity index (χ2v) is 9.63. The molecule has 0 atom stereocenters. The highest BCUT2D eigenvalue weighted by Crippen LogP contribution is 2.16. The highest BCUT2D eigenvalue weighted by atomic mass is 16.2. The quantitative estimate of drug-likeness (QED) is 0.359. The second-order valence-electron chi connectivity index (χ2n) is 9.63. The van der Waals surface area contributed by atoms with Crippen molar-refractivity contribution in [2.24, 2.45) is 0 Å². The molecule has 0 saturated carbocycles. The normalized spacial score (nSPS) is 18.9. The molecule has 0 bridgehead atoms. The standard InChI is InChI=1S/C26H48N2O2/c29-25(27-21-15-9-5-10-16-22-27)19-13-7-3-1-2-4-8-14-20-26(30)28-23-17-11-6-12-18-24-28/h1-24H2. The molecule has 2 saturated heterocycles. The van der Waals surface area contributed by atoms with Gasteiger partial charge in [-0.1, -0.05) is 77.0 Å². The van der Waals surface area contributed by atoms with Gasteiger partial charge in [0.1, 0.15) is 0 Å². The fraction of sp³-hybridized carbons (Fsp3) is 0.923. The molecule has 0 aliphatic carbocycles. The van der Waals surface area contributed by atoms with Gasteiger partial charge < -0.3 is 9.80 Å². The maximum Gasteiger partial charge on any atom is 0.222 e. The van der Waals surface area contributed by atoms with Gasteiger partial charge in [0.15, 0.2) is 0 Å². The fourth-order valence-electron chi connectivity index (χ4n) is 4.92. The largest absolute Gasteiger partial charge is 0.343 e. The third-order valence-corrected chi connectivity index (χ3v) is 6.95. The number of carbonyl (C=O) groups excluding carboxylic acids is 2. The van der Waals surface area contributed by atoms with Crippen LogP contribution in [-0.4, -0.2) is 47.8 Å².